The summed E-state index contributed by atoms with van der Waals surface area (Å²) in [5.41, 5.74) is 1.24. The van der Waals surface area contributed by atoms with Gasteiger partial charge < -0.3 is 14.6 Å². The first-order valence-electron chi connectivity index (χ1n) is 8.19. The molecule has 0 heterocycles. The number of aliphatic hydroxyl groups is 1. The SMILES string of the molecule is CCC(O)(C#N)CCc1c(C)c(OC(C)=O)c(C)c(C)c1OC(C)=O. The highest BCUT2D eigenvalue weighted by molar-refractivity contribution is 5.74. The van der Waals surface area contributed by atoms with Crippen molar-refractivity contribution in [1.82, 2.24) is 0 Å². The molecule has 1 unspecified atom stereocenters. The molecule has 0 aliphatic heterocycles. The molecule has 6 nitrogen and oxygen atoms in total. The van der Waals surface area contributed by atoms with Gasteiger partial charge in [-0.25, -0.2) is 0 Å². The van der Waals surface area contributed by atoms with Gasteiger partial charge in [0.05, 0.1) is 6.07 Å². The van der Waals surface area contributed by atoms with Crippen LogP contribution in [0.1, 0.15) is 55.9 Å². The Morgan fingerprint density at radius 1 is 1.04 bits per heavy atom. The average Bonchev–Trinajstić information content (AvgIpc) is 2.55. The molecule has 0 amide bonds. The molecule has 0 aliphatic carbocycles. The number of carbonyl (C=O) groups excluding carboxylic acids is 2. The topological polar surface area (TPSA) is 96.6 Å². The van der Waals surface area contributed by atoms with E-state index < -0.39 is 17.5 Å². The van der Waals surface area contributed by atoms with Crippen molar-refractivity contribution < 1.29 is 24.2 Å². The Balaban J connectivity index is 3.49. The molecule has 0 saturated carbocycles. The van der Waals surface area contributed by atoms with E-state index in [1.807, 2.05) is 6.07 Å². The Bertz CT molecular complexity index is 733. The van der Waals surface area contributed by atoms with Crippen LogP contribution < -0.4 is 9.47 Å². The summed E-state index contributed by atoms with van der Waals surface area (Å²) < 4.78 is 10.7. The third kappa shape index (κ3) is 4.80. The van der Waals surface area contributed by atoms with E-state index in [1.165, 1.54) is 13.8 Å². The summed E-state index contributed by atoms with van der Waals surface area (Å²) in [7, 11) is 0. The number of nitriles is 1. The van der Waals surface area contributed by atoms with Crippen LogP contribution in [0.4, 0.5) is 0 Å². The second-order valence-corrected chi connectivity index (χ2v) is 6.20. The van der Waals surface area contributed by atoms with Crippen LogP contribution in [-0.4, -0.2) is 22.6 Å². The van der Waals surface area contributed by atoms with Crippen molar-refractivity contribution in [3.05, 3.63) is 22.3 Å². The maximum Gasteiger partial charge on any atom is 0.308 e. The first-order valence-corrected chi connectivity index (χ1v) is 8.19. The summed E-state index contributed by atoms with van der Waals surface area (Å²) >= 11 is 0. The summed E-state index contributed by atoms with van der Waals surface area (Å²) in [6, 6.07) is 1.91. The van der Waals surface area contributed by atoms with Crippen LogP contribution in [0.15, 0.2) is 0 Å². The Morgan fingerprint density at radius 3 is 1.96 bits per heavy atom. The molecular weight excluding hydrogens is 322 g/mol. The predicted octanol–water partition coefficient (Wildman–Crippen LogP) is 3.06. The lowest BCUT2D eigenvalue weighted by molar-refractivity contribution is -0.133. The second kappa shape index (κ2) is 8.13. The van der Waals surface area contributed by atoms with E-state index in [1.54, 1.807) is 27.7 Å². The Morgan fingerprint density at radius 2 is 1.52 bits per heavy atom. The van der Waals surface area contributed by atoms with Crippen LogP contribution in [0, 0.1) is 32.1 Å². The second-order valence-electron chi connectivity index (χ2n) is 6.20. The Labute approximate surface area is 148 Å². The molecule has 1 aromatic rings. The minimum atomic E-state index is -1.46. The third-order valence-electron chi connectivity index (χ3n) is 4.38. The lowest BCUT2D eigenvalue weighted by atomic mass is 9.89. The summed E-state index contributed by atoms with van der Waals surface area (Å²) in [4.78, 5) is 22.9. The molecule has 0 saturated heterocycles. The molecule has 0 radical (unpaired) electrons. The van der Waals surface area contributed by atoms with Gasteiger partial charge >= 0.3 is 11.9 Å². The number of esters is 2. The normalized spacial score (nSPS) is 12.9. The van der Waals surface area contributed by atoms with Crippen molar-refractivity contribution in [2.45, 2.75) is 66.4 Å². The molecule has 0 spiro atoms. The third-order valence-corrected chi connectivity index (χ3v) is 4.38. The highest BCUT2D eigenvalue weighted by Crippen LogP contribution is 2.39. The molecule has 1 aromatic carbocycles. The minimum absolute atomic E-state index is 0.178. The van der Waals surface area contributed by atoms with Crippen molar-refractivity contribution in [3.8, 4) is 17.6 Å². The van der Waals surface area contributed by atoms with Crippen molar-refractivity contribution in [1.29, 1.82) is 5.26 Å². The predicted molar refractivity (Wildman–Crippen MR) is 92.4 cm³/mol. The number of rotatable bonds is 6. The van der Waals surface area contributed by atoms with E-state index in [-0.39, 0.29) is 12.8 Å². The maximum atomic E-state index is 11.5. The van der Waals surface area contributed by atoms with E-state index in [2.05, 4.69) is 0 Å². The van der Waals surface area contributed by atoms with Crippen molar-refractivity contribution in [2.24, 2.45) is 0 Å². The van der Waals surface area contributed by atoms with Gasteiger partial charge in [-0.1, -0.05) is 6.92 Å². The van der Waals surface area contributed by atoms with Crippen LogP contribution in [0.5, 0.6) is 11.5 Å². The molecule has 0 bridgehead atoms. The number of ether oxygens (including phenoxy) is 2. The van der Waals surface area contributed by atoms with E-state index in [0.717, 1.165) is 0 Å². The fourth-order valence-corrected chi connectivity index (χ4v) is 2.68. The average molecular weight is 347 g/mol. The van der Waals surface area contributed by atoms with Crippen molar-refractivity contribution >= 4 is 11.9 Å². The highest BCUT2D eigenvalue weighted by Gasteiger charge is 2.27. The lowest BCUT2D eigenvalue weighted by Crippen LogP contribution is -2.26. The van der Waals surface area contributed by atoms with Gasteiger partial charge in [0.2, 0.25) is 0 Å². The van der Waals surface area contributed by atoms with Crippen LogP contribution in [0.2, 0.25) is 0 Å². The smallest absolute Gasteiger partial charge is 0.308 e. The van der Waals surface area contributed by atoms with Crippen molar-refractivity contribution in [3.63, 3.8) is 0 Å². The van der Waals surface area contributed by atoms with E-state index in [4.69, 9.17) is 14.7 Å². The molecule has 1 N–H and O–H groups in total. The maximum absolute atomic E-state index is 11.5. The zero-order valence-corrected chi connectivity index (χ0v) is 15.6. The highest BCUT2D eigenvalue weighted by atomic mass is 16.5. The van der Waals surface area contributed by atoms with Gasteiger partial charge in [0, 0.05) is 19.4 Å². The first kappa shape index (κ1) is 20.7. The Hall–Kier alpha value is -2.39. The molecule has 1 rings (SSSR count). The van der Waals surface area contributed by atoms with Crippen molar-refractivity contribution in [2.75, 3.05) is 0 Å². The molecule has 25 heavy (non-hydrogen) atoms. The van der Waals surface area contributed by atoms with Gasteiger partial charge in [0.25, 0.3) is 0 Å². The van der Waals surface area contributed by atoms with E-state index in [9.17, 15) is 14.7 Å². The van der Waals surface area contributed by atoms with Crippen LogP contribution in [0.3, 0.4) is 0 Å². The number of carbonyl (C=O) groups is 2. The van der Waals surface area contributed by atoms with Gasteiger partial charge in [0.15, 0.2) is 5.60 Å². The molecule has 0 aliphatic rings. The number of nitrogens with zero attached hydrogens (tertiary/aromatic N) is 1. The molecular formula is C19H25NO5. The van der Waals surface area contributed by atoms with Gasteiger partial charge in [-0.2, -0.15) is 5.26 Å². The minimum Gasteiger partial charge on any atom is -0.426 e. The summed E-state index contributed by atoms with van der Waals surface area (Å²) in [6.07, 6.45) is 0.770. The standard InChI is InChI=1S/C19H25NO5/c1-7-19(23,10-20)9-8-16-13(4)17(24-14(5)21)11(2)12(3)18(16)25-15(6)22/h23H,7-9H2,1-6H3. The summed E-state index contributed by atoms with van der Waals surface area (Å²) in [6.45, 7) is 9.69. The number of benzene rings is 1. The van der Waals surface area contributed by atoms with Crippen LogP contribution in [-0.2, 0) is 16.0 Å². The number of hydrogen-bond acceptors (Lipinski definition) is 6. The first-order chi connectivity index (χ1) is 11.6. The van der Waals surface area contributed by atoms with Gasteiger partial charge in [-0.05, 0) is 56.7 Å². The molecule has 1 atom stereocenters. The molecule has 0 aromatic heterocycles. The zero-order valence-electron chi connectivity index (χ0n) is 15.6. The number of hydrogen-bond donors (Lipinski definition) is 1. The lowest BCUT2D eigenvalue weighted by Gasteiger charge is -2.23. The fraction of sp³-hybridized carbons (Fsp3) is 0.526. The Kier molecular flexibility index (Phi) is 6.71. The van der Waals surface area contributed by atoms with Crippen LogP contribution >= 0.6 is 0 Å². The van der Waals surface area contributed by atoms with Gasteiger partial charge in [-0.3, -0.25) is 9.59 Å². The van der Waals surface area contributed by atoms with Crippen LogP contribution in [0.25, 0.3) is 0 Å². The molecule has 136 valence electrons. The summed E-state index contributed by atoms with van der Waals surface area (Å²) in [5, 5.41) is 19.4. The van der Waals surface area contributed by atoms with E-state index >= 15 is 0 Å². The fourth-order valence-electron chi connectivity index (χ4n) is 2.68. The summed E-state index contributed by atoms with van der Waals surface area (Å²) in [5.74, 6) is -0.0870. The van der Waals surface area contributed by atoms with Gasteiger partial charge in [-0.15, -0.1) is 0 Å². The molecule has 0 fully saturated rings. The quantitative estimate of drug-likeness (QED) is 0.482. The van der Waals surface area contributed by atoms with Gasteiger partial charge in [0.1, 0.15) is 11.5 Å². The largest absolute Gasteiger partial charge is 0.426 e. The van der Waals surface area contributed by atoms with E-state index in [0.29, 0.717) is 40.2 Å². The monoisotopic (exact) mass is 347 g/mol. The molecule has 6 heteroatoms. The zero-order chi connectivity index (χ0) is 19.4.